The minimum Gasteiger partial charge on any atom is -0.273 e. The van der Waals surface area contributed by atoms with Gasteiger partial charge in [0.05, 0.1) is 6.21 Å². The second-order valence-electron chi connectivity index (χ2n) is 4.23. The molecule has 108 valence electrons. The molecule has 3 nitrogen and oxygen atoms in total. The molecule has 0 heterocycles. The Morgan fingerprint density at radius 2 is 1.86 bits per heavy atom. The number of thioether (sulfide) groups is 1. The quantitative estimate of drug-likeness (QED) is 0.477. The summed E-state index contributed by atoms with van der Waals surface area (Å²) < 4.78 is 0.947. The van der Waals surface area contributed by atoms with Crippen LogP contribution >= 0.6 is 27.7 Å². The molecule has 1 amide bonds. The van der Waals surface area contributed by atoms with E-state index in [2.05, 4.69) is 26.5 Å². The standard InChI is InChI=1S/C16H15BrN2OS/c17-15-9-5-4-6-13(15)12-18-19-16(20)10-11-21-14-7-2-1-3-8-14/h1-9,12H,10-11H2,(H,19,20)/b18-12-. The van der Waals surface area contributed by atoms with Gasteiger partial charge in [0.25, 0.3) is 0 Å². The molecule has 2 aromatic rings. The average molecular weight is 363 g/mol. The molecule has 0 fully saturated rings. The second kappa shape index (κ2) is 8.64. The number of rotatable bonds is 6. The monoisotopic (exact) mass is 362 g/mol. The lowest BCUT2D eigenvalue weighted by Gasteiger charge is -2.01. The largest absolute Gasteiger partial charge is 0.273 e. The van der Waals surface area contributed by atoms with Crippen LogP contribution in [0.3, 0.4) is 0 Å². The Kier molecular flexibility index (Phi) is 6.50. The summed E-state index contributed by atoms with van der Waals surface area (Å²) in [5.74, 6) is 0.655. The first-order chi connectivity index (χ1) is 10.3. The molecule has 0 aliphatic carbocycles. The maximum absolute atomic E-state index is 11.7. The van der Waals surface area contributed by atoms with Gasteiger partial charge in [0.2, 0.25) is 5.91 Å². The van der Waals surface area contributed by atoms with Gasteiger partial charge in [-0.1, -0.05) is 52.3 Å². The van der Waals surface area contributed by atoms with E-state index in [0.29, 0.717) is 6.42 Å². The Labute approximate surface area is 137 Å². The molecule has 0 atom stereocenters. The van der Waals surface area contributed by atoms with Crippen molar-refractivity contribution in [1.82, 2.24) is 5.43 Å². The topological polar surface area (TPSA) is 41.5 Å². The Bertz CT molecular complexity index is 617. The molecule has 5 heteroatoms. The molecule has 0 unspecified atom stereocenters. The molecule has 0 aliphatic rings. The van der Waals surface area contributed by atoms with Gasteiger partial charge in [-0.2, -0.15) is 5.10 Å². The van der Waals surface area contributed by atoms with E-state index in [0.717, 1.165) is 15.8 Å². The van der Waals surface area contributed by atoms with Crippen molar-refractivity contribution >= 4 is 39.8 Å². The number of hydrazone groups is 1. The van der Waals surface area contributed by atoms with Crippen molar-refractivity contribution in [2.24, 2.45) is 5.10 Å². The summed E-state index contributed by atoms with van der Waals surface area (Å²) >= 11 is 5.08. The predicted octanol–water partition coefficient (Wildman–Crippen LogP) is 4.08. The van der Waals surface area contributed by atoms with Crippen molar-refractivity contribution < 1.29 is 4.79 Å². The molecule has 0 saturated heterocycles. The number of benzene rings is 2. The van der Waals surface area contributed by atoms with Gasteiger partial charge >= 0.3 is 0 Å². The molecule has 0 radical (unpaired) electrons. The van der Waals surface area contributed by atoms with Crippen LogP contribution in [0.2, 0.25) is 0 Å². The summed E-state index contributed by atoms with van der Waals surface area (Å²) in [6.45, 7) is 0. The van der Waals surface area contributed by atoms with E-state index >= 15 is 0 Å². The molecule has 0 bridgehead atoms. The summed E-state index contributed by atoms with van der Waals surface area (Å²) in [5.41, 5.74) is 3.47. The molecule has 0 aromatic heterocycles. The molecule has 1 N–H and O–H groups in total. The van der Waals surface area contributed by atoms with Crippen LogP contribution in [0, 0.1) is 0 Å². The highest BCUT2D eigenvalue weighted by Crippen LogP contribution is 2.17. The summed E-state index contributed by atoms with van der Waals surface area (Å²) in [5, 5.41) is 3.96. The zero-order chi connectivity index (χ0) is 14.9. The lowest BCUT2D eigenvalue weighted by atomic mass is 10.2. The Morgan fingerprint density at radius 1 is 1.14 bits per heavy atom. The van der Waals surface area contributed by atoms with Gasteiger partial charge in [0, 0.05) is 27.1 Å². The van der Waals surface area contributed by atoms with Crippen LogP contribution in [0.1, 0.15) is 12.0 Å². The first kappa shape index (κ1) is 15.8. The van der Waals surface area contributed by atoms with Crippen molar-refractivity contribution in [2.75, 3.05) is 5.75 Å². The van der Waals surface area contributed by atoms with Gasteiger partial charge in [-0.3, -0.25) is 4.79 Å². The number of carbonyl (C=O) groups excluding carboxylic acids is 1. The van der Waals surface area contributed by atoms with E-state index in [1.165, 1.54) is 4.90 Å². The Balaban J connectivity index is 1.71. The second-order valence-corrected chi connectivity index (χ2v) is 6.25. The number of halogens is 1. The number of amides is 1. The van der Waals surface area contributed by atoms with E-state index in [9.17, 15) is 4.79 Å². The van der Waals surface area contributed by atoms with E-state index in [1.54, 1.807) is 18.0 Å². The number of carbonyl (C=O) groups is 1. The zero-order valence-corrected chi connectivity index (χ0v) is 13.7. The third-order valence-electron chi connectivity index (χ3n) is 2.64. The maximum Gasteiger partial charge on any atom is 0.240 e. The number of nitrogens with one attached hydrogen (secondary N) is 1. The zero-order valence-electron chi connectivity index (χ0n) is 11.3. The molecule has 21 heavy (non-hydrogen) atoms. The van der Waals surface area contributed by atoms with E-state index in [-0.39, 0.29) is 5.91 Å². The van der Waals surface area contributed by atoms with Crippen LogP contribution in [0.4, 0.5) is 0 Å². The maximum atomic E-state index is 11.7. The van der Waals surface area contributed by atoms with Gasteiger partial charge in [-0.05, 0) is 18.2 Å². The average Bonchev–Trinajstić information content (AvgIpc) is 2.50. The number of nitrogens with zero attached hydrogens (tertiary/aromatic N) is 1. The van der Waals surface area contributed by atoms with Crippen LogP contribution in [-0.4, -0.2) is 17.9 Å². The van der Waals surface area contributed by atoms with E-state index < -0.39 is 0 Å². The van der Waals surface area contributed by atoms with Crippen LogP contribution in [0.25, 0.3) is 0 Å². The highest BCUT2D eigenvalue weighted by atomic mass is 79.9. The van der Waals surface area contributed by atoms with E-state index in [4.69, 9.17) is 0 Å². The van der Waals surface area contributed by atoms with Crippen LogP contribution < -0.4 is 5.43 Å². The van der Waals surface area contributed by atoms with Gasteiger partial charge < -0.3 is 0 Å². The molecule has 2 rings (SSSR count). The summed E-state index contributed by atoms with van der Waals surface area (Å²) in [4.78, 5) is 12.8. The van der Waals surface area contributed by atoms with Crippen molar-refractivity contribution in [2.45, 2.75) is 11.3 Å². The van der Waals surface area contributed by atoms with Crippen molar-refractivity contribution in [1.29, 1.82) is 0 Å². The van der Waals surface area contributed by atoms with Gasteiger partial charge in [-0.25, -0.2) is 5.43 Å². The molecule has 2 aromatic carbocycles. The first-order valence-electron chi connectivity index (χ1n) is 6.50. The normalized spacial score (nSPS) is 10.7. The van der Waals surface area contributed by atoms with Crippen LogP contribution in [0.5, 0.6) is 0 Å². The highest BCUT2D eigenvalue weighted by Gasteiger charge is 2.00. The van der Waals surface area contributed by atoms with Crippen molar-refractivity contribution in [3.63, 3.8) is 0 Å². The highest BCUT2D eigenvalue weighted by molar-refractivity contribution is 9.10. The number of hydrogen-bond donors (Lipinski definition) is 1. The minimum absolute atomic E-state index is 0.0817. The van der Waals surface area contributed by atoms with Crippen LogP contribution in [0.15, 0.2) is 69.1 Å². The number of hydrogen-bond acceptors (Lipinski definition) is 3. The Hall–Kier alpha value is -1.59. The molecule has 0 saturated carbocycles. The SMILES string of the molecule is O=C(CCSc1ccccc1)N/N=C\c1ccccc1Br. The molecule has 0 aliphatic heterocycles. The summed E-state index contributed by atoms with van der Waals surface area (Å²) in [7, 11) is 0. The minimum atomic E-state index is -0.0817. The Morgan fingerprint density at radius 3 is 2.62 bits per heavy atom. The third kappa shape index (κ3) is 5.73. The van der Waals surface area contributed by atoms with Gasteiger partial charge in [0.15, 0.2) is 0 Å². The smallest absolute Gasteiger partial charge is 0.240 e. The molecular formula is C16H15BrN2OS. The van der Waals surface area contributed by atoms with Crippen molar-refractivity contribution in [3.05, 3.63) is 64.6 Å². The van der Waals surface area contributed by atoms with Crippen LogP contribution in [-0.2, 0) is 4.79 Å². The lowest BCUT2D eigenvalue weighted by Crippen LogP contribution is -2.17. The summed E-state index contributed by atoms with van der Waals surface area (Å²) in [6, 6.07) is 17.7. The fraction of sp³-hybridized carbons (Fsp3) is 0.125. The van der Waals surface area contributed by atoms with Gasteiger partial charge in [-0.15, -0.1) is 11.8 Å². The van der Waals surface area contributed by atoms with Crippen molar-refractivity contribution in [3.8, 4) is 0 Å². The van der Waals surface area contributed by atoms with E-state index in [1.807, 2.05) is 54.6 Å². The fourth-order valence-electron chi connectivity index (χ4n) is 1.59. The summed E-state index contributed by atoms with van der Waals surface area (Å²) in [6.07, 6.45) is 2.07. The first-order valence-corrected chi connectivity index (χ1v) is 8.28. The molecule has 0 spiro atoms. The fourth-order valence-corrected chi connectivity index (χ4v) is 2.85. The van der Waals surface area contributed by atoms with Gasteiger partial charge in [0.1, 0.15) is 0 Å². The predicted molar refractivity (Wildman–Crippen MR) is 91.7 cm³/mol. The third-order valence-corrected chi connectivity index (χ3v) is 4.38. The molecular weight excluding hydrogens is 348 g/mol. The lowest BCUT2D eigenvalue weighted by molar-refractivity contribution is -0.120.